The molecule has 0 aliphatic heterocycles. The highest BCUT2D eigenvalue weighted by Gasteiger charge is 2.70. The van der Waals surface area contributed by atoms with E-state index in [4.69, 9.17) is 5.73 Å². The molecular formula is C19H27F2NO2. The van der Waals surface area contributed by atoms with E-state index in [1.54, 1.807) is 18.2 Å². The van der Waals surface area contributed by atoms with Crippen LogP contribution in [-0.4, -0.2) is 34.2 Å². The third-order valence-electron chi connectivity index (χ3n) is 8.01. The number of allylic oxidation sites excluding steroid dienone is 3. The van der Waals surface area contributed by atoms with E-state index in [0.717, 1.165) is 0 Å². The number of rotatable bonds is 0. The SMILES string of the molecule is C[C@]12CC[C@@]3(F)[C@@H]([C@@H](O)CC4C=C(O)C=C[C@@]43C)[C@@H]1C[C@@H](F)[C@@H]2N. The van der Waals surface area contributed by atoms with Crippen molar-refractivity contribution in [3.63, 3.8) is 0 Å². The van der Waals surface area contributed by atoms with Crippen molar-refractivity contribution in [1.82, 2.24) is 0 Å². The van der Waals surface area contributed by atoms with Crippen molar-refractivity contribution in [2.75, 3.05) is 0 Å². The van der Waals surface area contributed by atoms with Crippen molar-refractivity contribution in [1.29, 1.82) is 0 Å². The van der Waals surface area contributed by atoms with Gasteiger partial charge in [0.1, 0.15) is 17.6 Å². The molecule has 0 amide bonds. The molecule has 0 spiro atoms. The van der Waals surface area contributed by atoms with Crippen LogP contribution in [0, 0.1) is 28.6 Å². The average molecular weight is 339 g/mol. The molecule has 0 aromatic carbocycles. The molecule has 3 nitrogen and oxygen atoms in total. The van der Waals surface area contributed by atoms with Crippen molar-refractivity contribution in [3.8, 4) is 0 Å². The summed E-state index contributed by atoms with van der Waals surface area (Å²) >= 11 is 0. The summed E-state index contributed by atoms with van der Waals surface area (Å²) < 4.78 is 30.9. The molecule has 0 saturated heterocycles. The summed E-state index contributed by atoms with van der Waals surface area (Å²) in [6, 6.07) is -0.587. The highest BCUT2D eigenvalue weighted by atomic mass is 19.1. The monoisotopic (exact) mass is 339 g/mol. The van der Waals surface area contributed by atoms with E-state index in [-0.39, 0.29) is 30.4 Å². The van der Waals surface area contributed by atoms with Gasteiger partial charge in [-0.25, -0.2) is 8.78 Å². The fourth-order valence-corrected chi connectivity index (χ4v) is 6.35. The molecule has 9 atom stereocenters. The molecule has 3 saturated carbocycles. The molecule has 1 unspecified atom stereocenters. The zero-order valence-corrected chi connectivity index (χ0v) is 14.3. The maximum Gasteiger partial charge on any atom is 0.125 e. The van der Waals surface area contributed by atoms with E-state index in [0.29, 0.717) is 12.8 Å². The van der Waals surface area contributed by atoms with Gasteiger partial charge >= 0.3 is 0 Å². The number of aliphatic hydroxyl groups excluding tert-OH is 2. The Morgan fingerprint density at radius 3 is 2.67 bits per heavy atom. The van der Waals surface area contributed by atoms with E-state index >= 15 is 4.39 Å². The molecule has 4 N–H and O–H groups in total. The molecule has 4 aliphatic rings. The third kappa shape index (κ3) is 1.78. The molecule has 3 fully saturated rings. The second-order valence-electron chi connectivity index (χ2n) is 8.90. The highest BCUT2D eigenvalue weighted by Crippen LogP contribution is 2.68. The van der Waals surface area contributed by atoms with Gasteiger partial charge in [-0.2, -0.15) is 0 Å². The molecule has 5 heteroatoms. The van der Waals surface area contributed by atoms with E-state index in [1.165, 1.54) is 0 Å². The van der Waals surface area contributed by atoms with E-state index in [9.17, 15) is 14.6 Å². The van der Waals surface area contributed by atoms with Crippen LogP contribution in [0.2, 0.25) is 0 Å². The summed E-state index contributed by atoms with van der Waals surface area (Å²) in [5.41, 5.74) is 3.26. The Balaban J connectivity index is 1.79. The minimum Gasteiger partial charge on any atom is -0.508 e. The predicted octanol–water partition coefficient (Wildman–Crippen LogP) is 3.20. The van der Waals surface area contributed by atoms with Crippen molar-refractivity contribution in [2.24, 2.45) is 34.3 Å². The van der Waals surface area contributed by atoms with Crippen molar-refractivity contribution in [3.05, 3.63) is 24.0 Å². The van der Waals surface area contributed by atoms with Crippen LogP contribution in [0.5, 0.6) is 0 Å². The number of fused-ring (bicyclic) bond motifs is 5. The van der Waals surface area contributed by atoms with Crippen LogP contribution >= 0.6 is 0 Å². The Kier molecular flexibility index (Phi) is 3.32. The Hall–Kier alpha value is -0.940. The normalized spacial score (nSPS) is 59.3. The quantitative estimate of drug-likeness (QED) is 0.635. The number of aliphatic hydroxyl groups is 2. The second kappa shape index (κ2) is 4.82. The minimum atomic E-state index is -1.61. The Labute approximate surface area is 141 Å². The maximum absolute atomic E-state index is 16.5. The number of hydrogen-bond acceptors (Lipinski definition) is 3. The zero-order valence-electron chi connectivity index (χ0n) is 14.3. The first kappa shape index (κ1) is 16.5. The van der Waals surface area contributed by atoms with Gasteiger partial charge in [0.2, 0.25) is 0 Å². The minimum absolute atomic E-state index is 0.124. The molecule has 0 heterocycles. The van der Waals surface area contributed by atoms with Crippen LogP contribution in [0.1, 0.15) is 39.5 Å². The van der Waals surface area contributed by atoms with Gasteiger partial charge in [0.15, 0.2) is 0 Å². The zero-order chi connectivity index (χ0) is 17.5. The first-order chi connectivity index (χ1) is 11.1. The topological polar surface area (TPSA) is 66.5 Å². The lowest BCUT2D eigenvalue weighted by Crippen LogP contribution is -2.66. The molecule has 4 aliphatic carbocycles. The third-order valence-corrected chi connectivity index (χ3v) is 8.01. The van der Waals surface area contributed by atoms with Gasteiger partial charge in [-0.15, -0.1) is 0 Å². The van der Waals surface area contributed by atoms with Gasteiger partial charge in [0.25, 0.3) is 0 Å². The standard InChI is InChI=1S/C19H27F2NO2/c1-17-5-6-19(21)15(12(17)9-13(20)16(17)22)14(24)8-10-7-11(23)3-4-18(10,19)2/h3-4,7,10,12-16,23-24H,5-6,8-9,22H2,1-2H3/t10?,12-,13+,14-,15+,16-,17-,18-,19+/m0/s1. The molecule has 134 valence electrons. The largest absolute Gasteiger partial charge is 0.508 e. The summed E-state index contributed by atoms with van der Waals surface area (Å²) in [5.74, 6) is -0.983. The van der Waals surface area contributed by atoms with Gasteiger partial charge in [-0.1, -0.05) is 19.9 Å². The lowest BCUT2D eigenvalue weighted by Gasteiger charge is -2.62. The number of hydrogen-bond donors (Lipinski definition) is 3. The van der Waals surface area contributed by atoms with Crippen LogP contribution in [0.15, 0.2) is 24.0 Å². The summed E-state index contributed by atoms with van der Waals surface area (Å²) in [6.07, 6.45) is 4.43. The molecule has 24 heavy (non-hydrogen) atoms. The number of halogens is 2. The molecule has 0 bridgehead atoms. The van der Waals surface area contributed by atoms with Gasteiger partial charge in [-0.05, 0) is 55.1 Å². The molecule has 4 rings (SSSR count). The molecule has 0 aromatic rings. The molecule has 0 radical (unpaired) electrons. The highest BCUT2D eigenvalue weighted by molar-refractivity contribution is 5.32. The van der Waals surface area contributed by atoms with Crippen molar-refractivity contribution < 1.29 is 19.0 Å². The smallest absolute Gasteiger partial charge is 0.125 e. The maximum atomic E-state index is 16.5. The van der Waals surface area contributed by atoms with Crippen molar-refractivity contribution >= 4 is 0 Å². The molecular weight excluding hydrogens is 312 g/mol. The summed E-state index contributed by atoms with van der Waals surface area (Å²) in [7, 11) is 0. The first-order valence-electron chi connectivity index (χ1n) is 9.00. The van der Waals surface area contributed by atoms with E-state index in [2.05, 4.69) is 0 Å². The summed E-state index contributed by atoms with van der Waals surface area (Å²) in [4.78, 5) is 0. The van der Waals surface area contributed by atoms with Crippen LogP contribution in [-0.2, 0) is 0 Å². The Morgan fingerprint density at radius 2 is 1.96 bits per heavy atom. The fraction of sp³-hybridized carbons (Fsp3) is 0.789. The lowest BCUT2D eigenvalue weighted by atomic mass is 9.44. The van der Waals surface area contributed by atoms with Gasteiger partial charge in [-0.3, -0.25) is 0 Å². The fourth-order valence-electron chi connectivity index (χ4n) is 6.35. The van der Waals surface area contributed by atoms with E-state index in [1.807, 2.05) is 13.8 Å². The number of alkyl halides is 2. The average Bonchev–Trinajstić information content (AvgIpc) is 2.74. The Morgan fingerprint density at radius 1 is 1.25 bits per heavy atom. The van der Waals surface area contributed by atoms with Gasteiger partial charge < -0.3 is 15.9 Å². The first-order valence-corrected chi connectivity index (χ1v) is 9.00. The van der Waals surface area contributed by atoms with Crippen molar-refractivity contribution in [2.45, 2.75) is 63.5 Å². The van der Waals surface area contributed by atoms with Crippen LogP contribution in [0.4, 0.5) is 8.78 Å². The molecule has 0 aromatic heterocycles. The van der Waals surface area contributed by atoms with Gasteiger partial charge in [0.05, 0.1) is 6.10 Å². The second-order valence-corrected chi connectivity index (χ2v) is 8.90. The number of nitrogens with two attached hydrogens (primary N) is 1. The van der Waals surface area contributed by atoms with E-state index < -0.39 is 40.7 Å². The van der Waals surface area contributed by atoms with Crippen LogP contribution in [0.25, 0.3) is 0 Å². The van der Waals surface area contributed by atoms with Crippen LogP contribution in [0.3, 0.4) is 0 Å². The van der Waals surface area contributed by atoms with Crippen LogP contribution < -0.4 is 5.73 Å². The van der Waals surface area contributed by atoms with Gasteiger partial charge in [0, 0.05) is 17.4 Å². The summed E-state index contributed by atoms with van der Waals surface area (Å²) in [6.45, 7) is 3.84. The predicted molar refractivity (Wildman–Crippen MR) is 87.7 cm³/mol. The lowest BCUT2D eigenvalue weighted by molar-refractivity contribution is -0.196. The Bertz CT molecular complexity index is 622. The summed E-state index contributed by atoms with van der Waals surface area (Å²) in [5, 5.41) is 20.6.